The fraction of sp³-hybridized carbons (Fsp3) is 0.375. The summed E-state index contributed by atoms with van der Waals surface area (Å²) < 4.78 is 41.1. The maximum absolute atomic E-state index is 13.8. The molecule has 3 heterocycles. The van der Waals surface area contributed by atoms with Gasteiger partial charge in [-0.15, -0.1) is 10.2 Å². The number of phenols is 1. The Labute approximate surface area is 140 Å². The second-order valence-corrected chi connectivity index (χ2v) is 6.33. The lowest BCUT2D eigenvalue weighted by atomic mass is 9.93. The predicted octanol–water partition coefficient (Wildman–Crippen LogP) is 1.99. The number of nitrogens with one attached hydrogen (secondary N) is 1. The number of aliphatic hydroxyl groups excluding tert-OH is 1. The molecule has 9 heteroatoms. The summed E-state index contributed by atoms with van der Waals surface area (Å²) in [6.07, 6.45) is -3.63. The normalized spacial score (nSPS) is 24.8. The minimum absolute atomic E-state index is 0.0410. The molecule has 0 amide bonds. The Morgan fingerprint density at radius 1 is 1.32 bits per heavy atom. The third kappa shape index (κ3) is 2.30. The molecule has 3 N–H and O–H groups in total. The number of fused-ring (bicyclic) bond motifs is 3. The summed E-state index contributed by atoms with van der Waals surface area (Å²) in [5.74, 6) is -1.08. The van der Waals surface area contributed by atoms with Gasteiger partial charge in [0.15, 0.2) is 17.4 Å². The number of aliphatic hydroxyl groups is 1. The van der Waals surface area contributed by atoms with E-state index in [2.05, 4.69) is 15.5 Å². The number of hydrogen-bond acceptors (Lipinski definition) is 6. The third-order valence-corrected chi connectivity index (χ3v) is 4.82. The van der Waals surface area contributed by atoms with Crippen molar-refractivity contribution < 1.29 is 23.4 Å². The van der Waals surface area contributed by atoms with Crippen molar-refractivity contribution in [2.45, 2.75) is 24.5 Å². The van der Waals surface area contributed by atoms with Crippen LogP contribution in [0, 0.1) is 5.82 Å². The van der Waals surface area contributed by atoms with Gasteiger partial charge in [-0.2, -0.15) is 0 Å². The standard InChI is InChI=1S/C16H15F3N4O2/c17-10-3-1-2-9(13(10)25)11-4-12-14(22-21-11)20-7-16(15(18)19)5-8(24)6-23(12)16/h1-4,8,15,24-25H,5-7H2,(H,20,22). The number of β-amino-alcohol motifs (C(OH)–C–C–N with tert-alkyl or cyclic N) is 1. The van der Waals surface area contributed by atoms with E-state index in [0.29, 0.717) is 11.5 Å². The monoisotopic (exact) mass is 352 g/mol. The first-order valence-corrected chi connectivity index (χ1v) is 7.76. The maximum atomic E-state index is 13.8. The number of anilines is 2. The lowest BCUT2D eigenvalue weighted by Gasteiger charge is -2.43. The van der Waals surface area contributed by atoms with Crippen LogP contribution in [0.5, 0.6) is 5.75 Å². The van der Waals surface area contributed by atoms with Gasteiger partial charge < -0.3 is 20.4 Å². The number of hydrogen-bond donors (Lipinski definition) is 3. The van der Waals surface area contributed by atoms with Gasteiger partial charge in [0.25, 0.3) is 6.43 Å². The van der Waals surface area contributed by atoms with E-state index in [0.717, 1.165) is 6.07 Å². The Hall–Kier alpha value is -2.55. The van der Waals surface area contributed by atoms with E-state index < -0.39 is 29.6 Å². The van der Waals surface area contributed by atoms with Gasteiger partial charge in [-0.05, 0) is 18.2 Å². The topological polar surface area (TPSA) is 81.5 Å². The van der Waals surface area contributed by atoms with Crippen LogP contribution < -0.4 is 10.2 Å². The van der Waals surface area contributed by atoms with Gasteiger partial charge in [0.1, 0.15) is 5.54 Å². The van der Waals surface area contributed by atoms with Crippen LogP contribution in [0.15, 0.2) is 24.3 Å². The molecule has 0 spiro atoms. The van der Waals surface area contributed by atoms with Gasteiger partial charge in [0.05, 0.1) is 17.5 Å². The number of aromatic nitrogens is 2. The molecule has 1 aromatic carbocycles. The van der Waals surface area contributed by atoms with Crippen LogP contribution in [0.1, 0.15) is 6.42 Å². The molecule has 2 aliphatic heterocycles. The fourth-order valence-electron chi connectivity index (χ4n) is 3.57. The molecule has 0 aliphatic carbocycles. The van der Waals surface area contributed by atoms with Crippen molar-refractivity contribution >= 4 is 11.5 Å². The van der Waals surface area contributed by atoms with E-state index >= 15 is 0 Å². The number of para-hydroxylation sites is 1. The van der Waals surface area contributed by atoms with E-state index in [4.69, 9.17) is 0 Å². The summed E-state index contributed by atoms with van der Waals surface area (Å²) in [4.78, 5) is 1.43. The van der Waals surface area contributed by atoms with Crippen LogP contribution in [0.3, 0.4) is 0 Å². The van der Waals surface area contributed by atoms with Crippen molar-refractivity contribution in [2.75, 3.05) is 23.3 Å². The number of aromatic hydroxyl groups is 1. The molecule has 2 aromatic rings. The molecule has 1 saturated heterocycles. The van der Waals surface area contributed by atoms with Gasteiger partial charge in [-0.25, -0.2) is 13.2 Å². The first kappa shape index (κ1) is 15.9. The Kier molecular flexibility index (Phi) is 3.50. The lowest BCUT2D eigenvalue weighted by molar-refractivity contribution is 0.0509. The van der Waals surface area contributed by atoms with Gasteiger partial charge in [0.2, 0.25) is 0 Å². The van der Waals surface area contributed by atoms with Crippen molar-refractivity contribution in [3.8, 4) is 17.0 Å². The van der Waals surface area contributed by atoms with Crippen LogP contribution in [0.4, 0.5) is 24.7 Å². The summed E-state index contributed by atoms with van der Waals surface area (Å²) in [5.41, 5.74) is -0.916. The number of nitrogens with zero attached hydrogens (tertiary/aromatic N) is 3. The molecule has 2 atom stereocenters. The quantitative estimate of drug-likeness (QED) is 0.767. The number of halogens is 3. The van der Waals surface area contributed by atoms with Crippen molar-refractivity contribution in [2.24, 2.45) is 0 Å². The van der Waals surface area contributed by atoms with Crippen LogP contribution in [-0.4, -0.2) is 51.6 Å². The van der Waals surface area contributed by atoms with Gasteiger partial charge >= 0.3 is 0 Å². The second-order valence-electron chi connectivity index (χ2n) is 6.33. The highest BCUT2D eigenvalue weighted by Crippen LogP contribution is 2.45. The summed E-state index contributed by atoms with van der Waals surface area (Å²) >= 11 is 0. The highest BCUT2D eigenvalue weighted by Gasteiger charge is 2.54. The van der Waals surface area contributed by atoms with Gasteiger partial charge in [0, 0.05) is 25.1 Å². The zero-order valence-electron chi connectivity index (χ0n) is 13.0. The molecule has 1 fully saturated rings. The summed E-state index contributed by atoms with van der Waals surface area (Å²) in [5, 5.41) is 30.6. The minimum atomic E-state index is -2.68. The zero-order valence-corrected chi connectivity index (χ0v) is 13.0. The van der Waals surface area contributed by atoms with Crippen LogP contribution in [0.25, 0.3) is 11.3 Å². The SMILES string of the molecule is Oc1c(F)cccc1-c1cc2c(nn1)NCC1(C(F)F)CC(O)CN21. The Bertz CT molecular complexity index is 835. The molecule has 2 aliphatic rings. The summed E-state index contributed by atoms with van der Waals surface area (Å²) in [7, 11) is 0. The first-order chi connectivity index (χ1) is 11.9. The van der Waals surface area contributed by atoms with Crippen molar-refractivity contribution in [1.29, 1.82) is 0 Å². The molecule has 2 unspecified atom stereocenters. The number of rotatable bonds is 2. The van der Waals surface area contributed by atoms with Crippen molar-refractivity contribution in [1.82, 2.24) is 10.2 Å². The van der Waals surface area contributed by atoms with Gasteiger partial charge in [-0.3, -0.25) is 0 Å². The minimum Gasteiger partial charge on any atom is -0.504 e. The van der Waals surface area contributed by atoms with Crippen LogP contribution in [0.2, 0.25) is 0 Å². The largest absolute Gasteiger partial charge is 0.504 e. The number of alkyl halides is 2. The highest BCUT2D eigenvalue weighted by atomic mass is 19.3. The molecule has 0 radical (unpaired) electrons. The average molecular weight is 352 g/mol. The Morgan fingerprint density at radius 3 is 2.88 bits per heavy atom. The number of benzene rings is 1. The van der Waals surface area contributed by atoms with E-state index in [-0.39, 0.29) is 30.8 Å². The highest BCUT2D eigenvalue weighted by molar-refractivity contribution is 5.77. The molecule has 132 valence electrons. The van der Waals surface area contributed by atoms with E-state index in [9.17, 15) is 23.4 Å². The molecular formula is C16H15F3N4O2. The van der Waals surface area contributed by atoms with Gasteiger partial charge in [-0.1, -0.05) is 6.07 Å². The smallest absolute Gasteiger partial charge is 0.263 e. The van der Waals surface area contributed by atoms with Crippen LogP contribution in [-0.2, 0) is 0 Å². The van der Waals surface area contributed by atoms with E-state index in [1.54, 1.807) is 0 Å². The number of phenolic OH excluding ortho intramolecular Hbond substituents is 1. The van der Waals surface area contributed by atoms with Crippen LogP contribution >= 0.6 is 0 Å². The first-order valence-electron chi connectivity index (χ1n) is 7.76. The summed E-state index contributed by atoms with van der Waals surface area (Å²) in [6, 6.07) is 5.44. The fourth-order valence-corrected chi connectivity index (χ4v) is 3.57. The predicted molar refractivity (Wildman–Crippen MR) is 84.3 cm³/mol. The third-order valence-electron chi connectivity index (χ3n) is 4.82. The molecular weight excluding hydrogens is 337 g/mol. The molecule has 25 heavy (non-hydrogen) atoms. The molecule has 4 rings (SSSR count). The van der Waals surface area contributed by atoms with E-state index in [1.165, 1.54) is 23.1 Å². The lowest BCUT2D eigenvalue weighted by Crippen LogP contribution is -2.57. The Morgan fingerprint density at radius 2 is 2.12 bits per heavy atom. The molecule has 0 bridgehead atoms. The second kappa shape index (κ2) is 5.48. The maximum Gasteiger partial charge on any atom is 0.263 e. The molecule has 1 aromatic heterocycles. The van der Waals surface area contributed by atoms with Crippen molar-refractivity contribution in [3.63, 3.8) is 0 Å². The average Bonchev–Trinajstić information content (AvgIpc) is 2.95. The Balaban J connectivity index is 1.83. The molecule has 0 saturated carbocycles. The van der Waals surface area contributed by atoms with Crippen molar-refractivity contribution in [3.05, 3.63) is 30.1 Å². The summed E-state index contributed by atoms with van der Waals surface area (Å²) in [6.45, 7) is -0.0206. The van der Waals surface area contributed by atoms with E-state index in [1.807, 2.05) is 0 Å². The molecule has 6 nitrogen and oxygen atoms in total. The zero-order chi connectivity index (χ0) is 17.8.